The van der Waals surface area contributed by atoms with Gasteiger partial charge in [0.25, 0.3) is 0 Å². The van der Waals surface area contributed by atoms with E-state index in [1.807, 2.05) is 0 Å². The number of likely N-dealkylation sites (N-methyl/N-ethyl adjacent to an activating group) is 1. The van der Waals surface area contributed by atoms with Gasteiger partial charge in [-0.1, -0.05) is 0 Å². The van der Waals surface area contributed by atoms with E-state index < -0.39 is 17.5 Å². The van der Waals surface area contributed by atoms with Crippen LogP contribution in [0.5, 0.6) is 0 Å². The standard InChI is InChI=1S/C11H20N2O5/c1-13(5-8-17-2)10(16)12-11(9(14)15)3-6-18-7-4-11/h3-8H2,1-2H3,(H,12,16)(H,14,15). The average Bonchev–Trinajstić information content (AvgIpc) is 2.36. The Hall–Kier alpha value is -1.34. The Morgan fingerprint density at radius 2 is 2.06 bits per heavy atom. The van der Waals surface area contributed by atoms with Gasteiger partial charge in [-0.15, -0.1) is 0 Å². The molecule has 0 aromatic rings. The number of hydrogen-bond donors (Lipinski definition) is 2. The third-order valence-electron chi connectivity index (χ3n) is 3.08. The number of rotatable bonds is 5. The van der Waals surface area contributed by atoms with Crippen LogP contribution in [0.25, 0.3) is 0 Å². The first-order chi connectivity index (χ1) is 8.52. The SMILES string of the molecule is COCCN(C)C(=O)NC1(C(=O)O)CCOCC1. The molecule has 0 spiro atoms. The van der Waals surface area contributed by atoms with E-state index >= 15 is 0 Å². The van der Waals surface area contributed by atoms with Gasteiger partial charge in [0.2, 0.25) is 0 Å². The molecule has 0 aliphatic carbocycles. The molecule has 1 aliphatic heterocycles. The Bertz CT molecular complexity index is 302. The molecular weight excluding hydrogens is 240 g/mol. The van der Waals surface area contributed by atoms with Crippen molar-refractivity contribution in [2.24, 2.45) is 0 Å². The highest BCUT2D eigenvalue weighted by Crippen LogP contribution is 2.21. The number of nitrogens with one attached hydrogen (secondary N) is 1. The Labute approximate surface area is 106 Å². The lowest BCUT2D eigenvalue weighted by molar-refractivity contribution is -0.148. The van der Waals surface area contributed by atoms with E-state index in [9.17, 15) is 14.7 Å². The van der Waals surface area contributed by atoms with Gasteiger partial charge in [0.15, 0.2) is 0 Å². The molecule has 1 saturated heterocycles. The van der Waals surface area contributed by atoms with Crippen molar-refractivity contribution in [3.63, 3.8) is 0 Å². The van der Waals surface area contributed by atoms with Crippen LogP contribution >= 0.6 is 0 Å². The van der Waals surface area contributed by atoms with Gasteiger partial charge in [-0.05, 0) is 0 Å². The highest BCUT2D eigenvalue weighted by Gasteiger charge is 2.42. The zero-order chi connectivity index (χ0) is 13.6. The summed E-state index contributed by atoms with van der Waals surface area (Å²) in [5, 5.41) is 11.9. The second-order valence-electron chi connectivity index (χ2n) is 4.34. The molecule has 7 nitrogen and oxygen atoms in total. The van der Waals surface area contributed by atoms with Crippen LogP contribution in [0, 0.1) is 0 Å². The van der Waals surface area contributed by atoms with Crippen LogP contribution in [0.2, 0.25) is 0 Å². The molecule has 0 unspecified atom stereocenters. The first kappa shape index (κ1) is 14.7. The summed E-state index contributed by atoms with van der Waals surface area (Å²) < 4.78 is 10.0. The lowest BCUT2D eigenvalue weighted by atomic mass is 9.90. The first-order valence-electron chi connectivity index (χ1n) is 5.85. The van der Waals surface area contributed by atoms with E-state index in [2.05, 4.69) is 5.32 Å². The van der Waals surface area contributed by atoms with Crippen LogP contribution in [0.3, 0.4) is 0 Å². The lowest BCUT2D eigenvalue weighted by Gasteiger charge is -2.35. The number of carboxylic acids is 1. The van der Waals surface area contributed by atoms with Crippen molar-refractivity contribution in [1.82, 2.24) is 10.2 Å². The fourth-order valence-electron chi connectivity index (χ4n) is 1.74. The van der Waals surface area contributed by atoms with Crippen LogP contribution in [0.15, 0.2) is 0 Å². The average molecular weight is 260 g/mol. The van der Waals surface area contributed by atoms with Crippen LogP contribution in [0.1, 0.15) is 12.8 Å². The van der Waals surface area contributed by atoms with E-state index in [4.69, 9.17) is 9.47 Å². The highest BCUT2D eigenvalue weighted by molar-refractivity contribution is 5.86. The van der Waals surface area contributed by atoms with Crippen LogP contribution in [-0.2, 0) is 14.3 Å². The van der Waals surface area contributed by atoms with Crippen molar-refractivity contribution >= 4 is 12.0 Å². The van der Waals surface area contributed by atoms with Crippen molar-refractivity contribution in [2.75, 3.05) is 40.5 Å². The van der Waals surface area contributed by atoms with Gasteiger partial charge in [-0.2, -0.15) is 0 Å². The van der Waals surface area contributed by atoms with Crippen molar-refractivity contribution in [1.29, 1.82) is 0 Å². The van der Waals surface area contributed by atoms with E-state index in [1.54, 1.807) is 14.2 Å². The molecular formula is C11H20N2O5. The largest absolute Gasteiger partial charge is 0.480 e. The summed E-state index contributed by atoms with van der Waals surface area (Å²) in [5.74, 6) is -1.01. The van der Waals surface area contributed by atoms with E-state index in [0.29, 0.717) is 26.4 Å². The molecule has 18 heavy (non-hydrogen) atoms. The summed E-state index contributed by atoms with van der Waals surface area (Å²) in [6, 6.07) is -0.406. The van der Waals surface area contributed by atoms with Crippen molar-refractivity contribution in [3.05, 3.63) is 0 Å². The van der Waals surface area contributed by atoms with Gasteiger partial charge in [0, 0.05) is 46.8 Å². The molecule has 1 fully saturated rings. The molecule has 1 rings (SSSR count). The highest BCUT2D eigenvalue weighted by atomic mass is 16.5. The number of methoxy groups -OCH3 is 1. The number of ether oxygens (including phenoxy) is 2. The van der Waals surface area contributed by atoms with Crippen molar-refractivity contribution < 1.29 is 24.2 Å². The molecule has 2 N–H and O–H groups in total. The zero-order valence-electron chi connectivity index (χ0n) is 10.8. The normalized spacial score (nSPS) is 18.1. The summed E-state index contributed by atoms with van der Waals surface area (Å²) in [5.41, 5.74) is -1.21. The van der Waals surface area contributed by atoms with Gasteiger partial charge >= 0.3 is 12.0 Å². The molecule has 0 aromatic heterocycles. The summed E-state index contributed by atoms with van der Waals surface area (Å²) in [4.78, 5) is 24.6. The topological polar surface area (TPSA) is 88.1 Å². The smallest absolute Gasteiger partial charge is 0.329 e. The maximum Gasteiger partial charge on any atom is 0.329 e. The van der Waals surface area contributed by atoms with Crippen LogP contribution < -0.4 is 5.32 Å². The summed E-state index contributed by atoms with van der Waals surface area (Å²) in [6.45, 7) is 1.50. The van der Waals surface area contributed by atoms with Crippen LogP contribution in [-0.4, -0.2) is 68.1 Å². The van der Waals surface area contributed by atoms with Crippen molar-refractivity contribution in [3.8, 4) is 0 Å². The molecule has 0 aromatic carbocycles. The predicted molar refractivity (Wildman–Crippen MR) is 63.5 cm³/mol. The molecule has 7 heteroatoms. The quantitative estimate of drug-likeness (QED) is 0.721. The number of carbonyl (C=O) groups is 2. The van der Waals surface area contributed by atoms with Gasteiger partial charge in [0.05, 0.1) is 6.61 Å². The Morgan fingerprint density at radius 1 is 1.44 bits per heavy atom. The number of aliphatic carboxylic acids is 1. The minimum atomic E-state index is -1.21. The number of hydrogen-bond acceptors (Lipinski definition) is 4. The molecule has 0 atom stereocenters. The molecule has 0 bridgehead atoms. The molecule has 0 radical (unpaired) electrons. The fourth-order valence-corrected chi connectivity index (χ4v) is 1.74. The Balaban J connectivity index is 2.60. The minimum Gasteiger partial charge on any atom is -0.480 e. The third kappa shape index (κ3) is 3.58. The number of amides is 2. The van der Waals surface area contributed by atoms with E-state index in [-0.39, 0.29) is 12.8 Å². The maximum absolute atomic E-state index is 11.9. The summed E-state index contributed by atoms with van der Waals surface area (Å²) in [7, 11) is 3.15. The zero-order valence-corrected chi connectivity index (χ0v) is 10.8. The number of carboxylic acid groups (broad SMARTS) is 1. The van der Waals surface area contributed by atoms with Gasteiger partial charge in [-0.3, -0.25) is 0 Å². The Kier molecular flexibility index (Phi) is 5.36. The second kappa shape index (κ2) is 6.55. The molecule has 1 heterocycles. The van der Waals surface area contributed by atoms with Gasteiger partial charge in [-0.25, -0.2) is 9.59 Å². The van der Waals surface area contributed by atoms with E-state index in [0.717, 1.165) is 0 Å². The molecule has 104 valence electrons. The third-order valence-corrected chi connectivity index (χ3v) is 3.08. The Morgan fingerprint density at radius 3 is 2.56 bits per heavy atom. The molecule has 1 aliphatic rings. The second-order valence-corrected chi connectivity index (χ2v) is 4.34. The lowest BCUT2D eigenvalue weighted by Crippen LogP contribution is -2.60. The predicted octanol–water partition coefficient (Wildman–Crippen LogP) is -0.0920. The minimum absolute atomic E-state index is 0.284. The number of carbonyl (C=O) groups excluding carboxylic acids is 1. The van der Waals surface area contributed by atoms with Gasteiger partial charge < -0.3 is 24.8 Å². The van der Waals surface area contributed by atoms with E-state index in [1.165, 1.54) is 4.90 Å². The number of urea groups is 1. The fraction of sp³-hybridized carbons (Fsp3) is 0.818. The van der Waals surface area contributed by atoms with Crippen LogP contribution in [0.4, 0.5) is 4.79 Å². The number of nitrogens with zero attached hydrogens (tertiary/aromatic N) is 1. The first-order valence-corrected chi connectivity index (χ1v) is 5.85. The monoisotopic (exact) mass is 260 g/mol. The van der Waals surface area contributed by atoms with Gasteiger partial charge in [0.1, 0.15) is 5.54 Å². The molecule has 2 amide bonds. The molecule has 0 saturated carbocycles. The maximum atomic E-state index is 11.9. The summed E-state index contributed by atoms with van der Waals surface area (Å²) in [6.07, 6.45) is 0.568. The summed E-state index contributed by atoms with van der Waals surface area (Å²) >= 11 is 0. The van der Waals surface area contributed by atoms with Crippen molar-refractivity contribution in [2.45, 2.75) is 18.4 Å².